The Morgan fingerprint density at radius 3 is 2.56 bits per heavy atom. The van der Waals surface area contributed by atoms with Crippen molar-refractivity contribution < 1.29 is 14.7 Å². The zero-order valence-electron chi connectivity index (χ0n) is 19.9. The molecule has 34 heavy (non-hydrogen) atoms. The highest BCUT2D eigenvalue weighted by molar-refractivity contribution is 8.18. The van der Waals surface area contributed by atoms with Crippen molar-refractivity contribution in [2.24, 2.45) is 4.99 Å². The molecule has 2 heterocycles. The monoisotopic (exact) mass is 473 g/mol. The minimum Gasteiger partial charge on any atom is -0.478 e. The van der Waals surface area contributed by atoms with Gasteiger partial charge in [0.05, 0.1) is 21.8 Å². The molecule has 1 aliphatic rings. The number of aromatic carboxylic acids is 1. The van der Waals surface area contributed by atoms with E-state index in [1.807, 2.05) is 6.08 Å². The Labute approximate surface area is 203 Å². The summed E-state index contributed by atoms with van der Waals surface area (Å²) in [7, 11) is 1.68. The van der Waals surface area contributed by atoms with Gasteiger partial charge >= 0.3 is 5.97 Å². The highest BCUT2D eigenvalue weighted by atomic mass is 32.2. The van der Waals surface area contributed by atoms with Crippen LogP contribution in [0.5, 0.6) is 0 Å². The molecule has 1 amide bonds. The third kappa shape index (κ3) is 4.31. The average molecular weight is 474 g/mol. The van der Waals surface area contributed by atoms with E-state index in [1.165, 1.54) is 45.6 Å². The molecule has 0 unspecified atom stereocenters. The van der Waals surface area contributed by atoms with Crippen LogP contribution in [-0.4, -0.2) is 38.7 Å². The summed E-state index contributed by atoms with van der Waals surface area (Å²) < 4.78 is 2.26. The number of amidine groups is 1. The van der Waals surface area contributed by atoms with Gasteiger partial charge in [0.1, 0.15) is 0 Å². The number of thioether (sulfide) groups is 1. The van der Waals surface area contributed by atoms with Crippen molar-refractivity contribution in [3.05, 3.63) is 87.1 Å². The van der Waals surface area contributed by atoms with E-state index in [-0.39, 0.29) is 11.5 Å². The number of nitrogens with zero attached hydrogens (tertiary/aromatic N) is 3. The summed E-state index contributed by atoms with van der Waals surface area (Å²) in [5.41, 5.74) is 7.52. The summed E-state index contributed by atoms with van der Waals surface area (Å²) >= 11 is 1.29. The number of aryl methyl sites for hydroxylation is 3. The molecule has 4 rings (SSSR count). The molecular formula is C27H27N3O3S. The third-order valence-corrected chi connectivity index (χ3v) is 7.06. The quantitative estimate of drug-likeness (QED) is 0.469. The standard InChI is InChI=1S/C27H27N3O3S/c1-6-19-10-7-9-16(2)24(19)30-17(3)13-21(18(30)4)15-23-25(31)29(5)27(34-23)28-22-12-8-11-20(14-22)26(32)33/h7-15H,6H2,1-5H3,(H,32,33)/b23-15-,28-27?. The zero-order chi connectivity index (χ0) is 24.6. The maximum atomic E-state index is 13.0. The van der Waals surface area contributed by atoms with Gasteiger partial charge in [-0.15, -0.1) is 0 Å². The van der Waals surface area contributed by atoms with Crippen LogP contribution in [-0.2, 0) is 11.2 Å². The molecule has 0 spiro atoms. The van der Waals surface area contributed by atoms with Crippen molar-refractivity contribution in [1.29, 1.82) is 0 Å². The molecule has 0 atom stereocenters. The highest BCUT2D eigenvalue weighted by Gasteiger charge is 2.31. The lowest BCUT2D eigenvalue weighted by Gasteiger charge is -2.17. The summed E-state index contributed by atoms with van der Waals surface area (Å²) in [6, 6.07) is 14.9. The van der Waals surface area contributed by atoms with Gasteiger partial charge in [-0.2, -0.15) is 0 Å². The number of likely N-dealkylation sites (N-methyl/N-ethyl adjacent to an activating group) is 1. The van der Waals surface area contributed by atoms with Crippen LogP contribution in [0.4, 0.5) is 5.69 Å². The van der Waals surface area contributed by atoms with Crippen molar-refractivity contribution in [3.8, 4) is 5.69 Å². The SMILES string of the molecule is CCc1cccc(C)c1-n1c(C)cc(/C=C2\SC(=Nc3cccc(C(=O)O)c3)N(C)C2=O)c1C. The maximum absolute atomic E-state index is 13.0. The number of hydrogen-bond donors (Lipinski definition) is 1. The first kappa shape index (κ1) is 23.6. The molecule has 6 nitrogen and oxygen atoms in total. The van der Waals surface area contributed by atoms with E-state index < -0.39 is 5.97 Å². The normalized spacial score (nSPS) is 16.1. The first-order chi connectivity index (χ1) is 16.2. The number of para-hydroxylation sites is 1. The van der Waals surface area contributed by atoms with Crippen LogP contribution in [0.1, 0.15) is 45.4 Å². The number of benzene rings is 2. The first-order valence-corrected chi connectivity index (χ1v) is 11.9. The maximum Gasteiger partial charge on any atom is 0.335 e. The van der Waals surface area contributed by atoms with Gasteiger partial charge in [0, 0.05) is 18.4 Å². The Hall–Kier alpha value is -3.58. The smallest absolute Gasteiger partial charge is 0.335 e. The number of aromatic nitrogens is 1. The number of aliphatic imine (C=N–C) groups is 1. The Morgan fingerprint density at radius 2 is 1.85 bits per heavy atom. The fourth-order valence-corrected chi connectivity index (χ4v) is 5.19. The third-order valence-electron chi connectivity index (χ3n) is 6.00. The highest BCUT2D eigenvalue weighted by Crippen LogP contribution is 2.35. The Kier molecular flexibility index (Phi) is 6.48. The molecule has 174 valence electrons. The van der Waals surface area contributed by atoms with Crippen LogP contribution in [0.25, 0.3) is 11.8 Å². The van der Waals surface area contributed by atoms with E-state index in [0.29, 0.717) is 15.8 Å². The van der Waals surface area contributed by atoms with Gasteiger partial charge in [-0.05, 0) is 86.0 Å². The number of carboxylic acids is 1. The minimum atomic E-state index is -1.01. The lowest BCUT2D eigenvalue weighted by Crippen LogP contribution is -2.23. The molecule has 1 fully saturated rings. The zero-order valence-corrected chi connectivity index (χ0v) is 20.7. The van der Waals surface area contributed by atoms with Crippen LogP contribution in [0.15, 0.2) is 58.4 Å². The number of amides is 1. The van der Waals surface area contributed by atoms with E-state index in [0.717, 1.165) is 23.4 Å². The van der Waals surface area contributed by atoms with Gasteiger partial charge in [-0.3, -0.25) is 9.69 Å². The average Bonchev–Trinajstić information content (AvgIpc) is 3.23. The lowest BCUT2D eigenvalue weighted by atomic mass is 10.1. The van der Waals surface area contributed by atoms with E-state index in [2.05, 4.69) is 61.5 Å². The van der Waals surface area contributed by atoms with Gasteiger partial charge in [-0.1, -0.05) is 31.2 Å². The lowest BCUT2D eigenvalue weighted by molar-refractivity contribution is -0.121. The molecule has 1 aliphatic heterocycles. The van der Waals surface area contributed by atoms with E-state index in [9.17, 15) is 14.7 Å². The summed E-state index contributed by atoms with van der Waals surface area (Å²) in [6.45, 7) is 8.44. The molecule has 0 saturated carbocycles. The largest absolute Gasteiger partial charge is 0.478 e. The molecule has 2 aromatic carbocycles. The molecule has 3 aromatic rings. The topological polar surface area (TPSA) is 74.9 Å². The number of hydrogen-bond acceptors (Lipinski definition) is 4. The van der Waals surface area contributed by atoms with Crippen molar-refractivity contribution in [1.82, 2.24) is 9.47 Å². The summed E-state index contributed by atoms with van der Waals surface area (Å²) in [5.74, 6) is -1.14. The van der Waals surface area contributed by atoms with Crippen LogP contribution in [0.3, 0.4) is 0 Å². The fourth-order valence-electron chi connectivity index (χ4n) is 4.21. The second-order valence-corrected chi connectivity index (χ2v) is 9.33. The molecular weight excluding hydrogens is 446 g/mol. The second-order valence-electron chi connectivity index (χ2n) is 8.32. The number of carbonyl (C=O) groups excluding carboxylic acids is 1. The molecule has 0 aliphatic carbocycles. The predicted octanol–water partition coefficient (Wildman–Crippen LogP) is 5.90. The van der Waals surface area contributed by atoms with Crippen LogP contribution in [0, 0.1) is 20.8 Å². The van der Waals surface area contributed by atoms with Crippen molar-refractivity contribution in [2.75, 3.05) is 7.05 Å². The van der Waals surface area contributed by atoms with Crippen LogP contribution in [0.2, 0.25) is 0 Å². The van der Waals surface area contributed by atoms with E-state index >= 15 is 0 Å². The summed E-state index contributed by atoms with van der Waals surface area (Å²) in [4.78, 5) is 30.8. The second kappa shape index (κ2) is 9.35. The van der Waals surface area contributed by atoms with Crippen molar-refractivity contribution in [2.45, 2.75) is 34.1 Å². The molecule has 1 saturated heterocycles. The summed E-state index contributed by atoms with van der Waals surface area (Å²) in [5, 5.41) is 9.74. The predicted molar refractivity (Wildman–Crippen MR) is 138 cm³/mol. The first-order valence-electron chi connectivity index (χ1n) is 11.1. The van der Waals surface area contributed by atoms with E-state index in [1.54, 1.807) is 19.2 Å². The van der Waals surface area contributed by atoms with Crippen LogP contribution < -0.4 is 0 Å². The van der Waals surface area contributed by atoms with Gasteiger partial charge in [0.2, 0.25) is 0 Å². The fraction of sp³-hybridized carbons (Fsp3) is 0.222. The number of rotatable bonds is 5. The number of carboxylic acid groups (broad SMARTS) is 1. The molecule has 1 N–H and O–H groups in total. The Balaban J connectivity index is 1.71. The molecule has 1 aromatic heterocycles. The van der Waals surface area contributed by atoms with Crippen molar-refractivity contribution >= 4 is 40.6 Å². The minimum absolute atomic E-state index is 0.131. The van der Waals surface area contributed by atoms with E-state index in [4.69, 9.17) is 0 Å². The van der Waals surface area contributed by atoms with Crippen molar-refractivity contribution in [3.63, 3.8) is 0 Å². The van der Waals surface area contributed by atoms with Gasteiger partial charge in [0.15, 0.2) is 5.17 Å². The number of carbonyl (C=O) groups is 2. The van der Waals surface area contributed by atoms with Gasteiger partial charge in [-0.25, -0.2) is 9.79 Å². The Morgan fingerprint density at radius 1 is 1.12 bits per heavy atom. The molecule has 0 radical (unpaired) electrons. The Bertz CT molecular complexity index is 1370. The van der Waals surface area contributed by atoms with Gasteiger partial charge < -0.3 is 9.67 Å². The molecule has 7 heteroatoms. The van der Waals surface area contributed by atoms with Gasteiger partial charge in [0.25, 0.3) is 5.91 Å². The summed E-state index contributed by atoms with van der Waals surface area (Å²) in [6.07, 6.45) is 2.86. The van der Waals surface area contributed by atoms with Crippen LogP contribution >= 0.6 is 11.8 Å². The molecule has 0 bridgehead atoms.